The van der Waals surface area contributed by atoms with Gasteiger partial charge in [-0.1, -0.05) is 30.3 Å². The third-order valence-electron chi connectivity index (χ3n) is 3.85. The molecule has 1 unspecified atom stereocenters. The molecule has 0 radical (unpaired) electrons. The van der Waals surface area contributed by atoms with E-state index in [9.17, 15) is 0 Å². The van der Waals surface area contributed by atoms with Gasteiger partial charge in [-0.05, 0) is 41.4 Å². The van der Waals surface area contributed by atoms with Gasteiger partial charge in [0.2, 0.25) is 0 Å². The van der Waals surface area contributed by atoms with E-state index in [0.29, 0.717) is 5.92 Å². The molecule has 1 aromatic carbocycles. The molecule has 106 valence electrons. The summed E-state index contributed by atoms with van der Waals surface area (Å²) in [4.78, 5) is 2.38. The number of rotatable bonds is 5. The summed E-state index contributed by atoms with van der Waals surface area (Å²) in [5, 5.41) is 12.1. The minimum Gasteiger partial charge on any atom is -0.330 e. The molecule has 0 amide bonds. The van der Waals surface area contributed by atoms with Crippen LogP contribution in [0.1, 0.15) is 17.8 Å². The fourth-order valence-corrected chi connectivity index (χ4v) is 2.66. The van der Waals surface area contributed by atoms with Gasteiger partial charge in [-0.25, -0.2) is 4.68 Å². The Hall–Kier alpha value is -1.79. The average molecular weight is 272 g/mol. The van der Waals surface area contributed by atoms with Crippen LogP contribution in [-0.2, 0) is 13.1 Å². The highest BCUT2D eigenvalue weighted by Gasteiger charge is 2.22. The topological polar surface area (TPSA) is 72.9 Å². The molecule has 2 N–H and O–H groups in total. The summed E-state index contributed by atoms with van der Waals surface area (Å²) in [7, 11) is 0. The Morgan fingerprint density at radius 1 is 1.20 bits per heavy atom. The Balaban J connectivity index is 1.65. The second kappa shape index (κ2) is 6.11. The standard InChI is InChI=1S/C14H20N6/c15-8-13-6-7-19(9-13)11-14-16-17-18-20(14)10-12-4-2-1-3-5-12/h1-5,13H,6-11,15H2. The van der Waals surface area contributed by atoms with Crippen molar-refractivity contribution in [3.63, 3.8) is 0 Å². The first-order chi connectivity index (χ1) is 9.85. The average Bonchev–Trinajstić information content (AvgIpc) is 3.10. The van der Waals surface area contributed by atoms with Gasteiger partial charge in [0, 0.05) is 6.54 Å². The van der Waals surface area contributed by atoms with Crippen molar-refractivity contribution < 1.29 is 0 Å². The maximum absolute atomic E-state index is 5.73. The largest absolute Gasteiger partial charge is 0.330 e. The molecule has 2 heterocycles. The number of hydrogen-bond acceptors (Lipinski definition) is 5. The van der Waals surface area contributed by atoms with Crippen LogP contribution in [0.5, 0.6) is 0 Å². The highest BCUT2D eigenvalue weighted by Crippen LogP contribution is 2.16. The van der Waals surface area contributed by atoms with Crippen LogP contribution in [-0.4, -0.2) is 44.7 Å². The second-order valence-electron chi connectivity index (χ2n) is 5.36. The van der Waals surface area contributed by atoms with Crippen molar-refractivity contribution in [1.82, 2.24) is 25.1 Å². The van der Waals surface area contributed by atoms with E-state index in [1.165, 1.54) is 12.0 Å². The highest BCUT2D eigenvalue weighted by atomic mass is 15.5. The van der Waals surface area contributed by atoms with E-state index in [1.54, 1.807) is 0 Å². The molecule has 0 spiro atoms. The van der Waals surface area contributed by atoms with Gasteiger partial charge < -0.3 is 5.73 Å². The Kier molecular flexibility index (Phi) is 4.03. The Bertz CT molecular complexity index is 538. The van der Waals surface area contributed by atoms with E-state index in [0.717, 1.165) is 38.5 Å². The third kappa shape index (κ3) is 3.02. The molecular weight excluding hydrogens is 252 g/mol. The number of hydrogen-bond donors (Lipinski definition) is 1. The Morgan fingerprint density at radius 2 is 2.05 bits per heavy atom. The van der Waals surface area contributed by atoms with Crippen molar-refractivity contribution in [3.05, 3.63) is 41.7 Å². The van der Waals surface area contributed by atoms with Gasteiger partial charge in [-0.2, -0.15) is 0 Å². The zero-order valence-corrected chi connectivity index (χ0v) is 11.5. The van der Waals surface area contributed by atoms with Crippen molar-refractivity contribution in [2.75, 3.05) is 19.6 Å². The van der Waals surface area contributed by atoms with Gasteiger partial charge in [0.1, 0.15) is 0 Å². The monoisotopic (exact) mass is 272 g/mol. The number of nitrogens with two attached hydrogens (primary N) is 1. The number of likely N-dealkylation sites (tertiary alicyclic amines) is 1. The summed E-state index contributed by atoms with van der Waals surface area (Å²) in [6.45, 7) is 4.42. The fourth-order valence-electron chi connectivity index (χ4n) is 2.66. The highest BCUT2D eigenvalue weighted by molar-refractivity contribution is 5.14. The van der Waals surface area contributed by atoms with Crippen molar-refractivity contribution in [1.29, 1.82) is 0 Å². The van der Waals surface area contributed by atoms with Crippen LogP contribution in [0.2, 0.25) is 0 Å². The minimum absolute atomic E-state index is 0.619. The SMILES string of the molecule is NCC1CCN(Cc2nnnn2Cc2ccccc2)C1. The van der Waals surface area contributed by atoms with Gasteiger partial charge in [0.15, 0.2) is 5.82 Å². The molecule has 6 heteroatoms. The molecule has 1 aliphatic heterocycles. The van der Waals surface area contributed by atoms with Gasteiger partial charge in [-0.3, -0.25) is 4.90 Å². The minimum atomic E-state index is 0.619. The molecule has 3 rings (SSSR count). The summed E-state index contributed by atoms with van der Waals surface area (Å²) >= 11 is 0. The molecule has 1 aromatic heterocycles. The molecule has 2 aromatic rings. The Labute approximate surface area is 118 Å². The first-order valence-corrected chi connectivity index (χ1v) is 7.06. The first kappa shape index (κ1) is 13.2. The maximum Gasteiger partial charge on any atom is 0.165 e. The van der Waals surface area contributed by atoms with Crippen LogP contribution in [0.15, 0.2) is 30.3 Å². The summed E-state index contributed by atoms with van der Waals surface area (Å²) in [5.41, 5.74) is 6.94. The molecule has 1 atom stereocenters. The molecule has 1 saturated heterocycles. The predicted octanol–water partition coefficient (Wildman–Crippen LogP) is 0.502. The lowest BCUT2D eigenvalue weighted by Gasteiger charge is -2.15. The normalized spacial score (nSPS) is 19.6. The van der Waals surface area contributed by atoms with Gasteiger partial charge in [0.05, 0.1) is 13.1 Å². The number of benzene rings is 1. The van der Waals surface area contributed by atoms with E-state index in [4.69, 9.17) is 5.73 Å². The first-order valence-electron chi connectivity index (χ1n) is 7.06. The second-order valence-corrected chi connectivity index (χ2v) is 5.36. The third-order valence-corrected chi connectivity index (χ3v) is 3.85. The molecule has 0 saturated carbocycles. The number of tetrazole rings is 1. The smallest absolute Gasteiger partial charge is 0.165 e. The van der Waals surface area contributed by atoms with E-state index in [2.05, 4.69) is 32.6 Å². The van der Waals surface area contributed by atoms with E-state index < -0.39 is 0 Å². The quantitative estimate of drug-likeness (QED) is 0.858. The molecule has 6 nitrogen and oxygen atoms in total. The summed E-state index contributed by atoms with van der Waals surface area (Å²) < 4.78 is 1.88. The van der Waals surface area contributed by atoms with E-state index in [-0.39, 0.29) is 0 Å². The van der Waals surface area contributed by atoms with Crippen molar-refractivity contribution in [3.8, 4) is 0 Å². The van der Waals surface area contributed by atoms with Crippen LogP contribution in [0, 0.1) is 5.92 Å². The fraction of sp³-hybridized carbons (Fsp3) is 0.500. The van der Waals surface area contributed by atoms with Crippen LogP contribution in [0.25, 0.3) is 0 Å². The zero-order valence-electron chi connectivity index (χ0n) is 11.5. The van der Waals surface area contributed by atoms with E-state index >= 15 is 0 Å². The van der Waals surface area contributed by atoms with Crippen LogP contribution >= 0.6 is 0 Å². The van der Waals surface area contributed by atoms with E-state index in [1.807, 2.05) is 22.9 Å². The molecule has 1 fully saturated rings. The molecular formula is C14H20N6. The van der Waals surface area contributed by atoms with Crippen molar-refractivity contribution in [2.45, 2.75) is 19.5 Å². The Morgan fingerprint density at radius 3 is 2.80 bits per heavy atom. The number of aromatic nitrogens is 4. The maximum atomic E-state index is 5.73. The van der Waals surface area contributed by atoms with Crippen molar-refractivity contribution in [2.24, 2.45) is 11.7 Å². The van der Waals surface area contributed by atoms with Gasteiger partial charge >= 0.3 is 0 Å². The molecule has 1 aliphatic rings. The van der Waals surface area contributed by atoms with Crippen LogP contribution in [0.3, 0.4) is 0 Å². The molecule has 0 bridgehead atoms. The van der Waals surface area contributed by atoms with Crippen LogP contribution < -0.4 is 5.73 Å². The lowest BCUT2D eigenvalue weighted by atomic mass is 10.1. The lowest BCUT2D eigenvalue weighted by Crippen LogP contribution is -2.24. The van der Waals surface area contributed by atoms with Gasteiger partial charge in [-0.15, -0.1) is 5.10 Å². The molecule has 20 heavy (non-hydrogen) atoms. The summed E-state index contributed by atoms with van der Waals surface area (Å²) in [6.07, 6.45) is 1.18. The predicted molar refractivity (Wildman–Crippen MR) is 75.8 cm³/mol. The number of nitrogens with zero attached hydrogens (tertiary/aromatic N) is 5. The molecule has 0 aliphatic carbocycles. The summed E-state index contributed by atoms with van der Waals surface area (Å²) in [6, 6.07) is 10.3. The van der Waals surface area contributed by atoms with Gasteiger partial charge in [0.25, 0.3) is 0 Å². The lowest BCUT2D eigenvalue weighted by molar-refractivity contribution is 0.303. The zero-order chi connectivity index (χ0) is 13.8. The van der Waals surface area contributed by atoms with Crippen molar-refractivity contribution >= 4 is 0 Å². The summed E-state index contributed by atoms with van der Waals surface area (Å²) in [5.74, 6) is 1.54. The van der Waals surface area contributed by atoms with Crippen LogP contribution in [0.4, 0.5) is 0 Å².